The molecule has 1 N–H and O–H groups in total. The Morgan fingerprint density at radius 2 is 1.84 bits per heavy atom. The molecule has 3 aromatic heterocycles. The van der Waals surface area contributed by atoms with Crippen molar-refractivity contribution in [1.29, 1.82) is 0 Å². The number of carbonyl (C=O) groups excluding carboxylic acids is 2. The summed E-state index contributed by atoms with van der Waals surface area (Å²) in [6.07, 6.45) is 5.50. The second-order valence-corrected chi connectivity index (χ2v) is 8.92. The number of amides is 2. The quantitative estimate of drug-likeness (QED) is 0.430. The molecule has 0 spiro atoms. The average Bonchev–Trinajstić information content (AvgIpc) is 3.42. The van der Waals surface area contributed by atoms with Crippen molar-refractivity contribution >= 4 is 11.8 Å². The van der Waals surface area contributed by atoms with E-state index in [-0.39, 0.29) is 17.5 Å². The predicted molar refractivity (Wildman–Crippen MR) is 136 cm³/mol. The molecule has 0 aliphatic carbocycles. The molecule has 0 radical (unpaired) electrons. The van der Waals surface area contributed by atoms with E-state index in [1.54, 1.807) is 30.3 Å². The highest BCUT2D eigenvalue weighted by Gasteiger charge is 2.27. The number of ether oxygens (including phenoxy) is 1. The molecule has 0 saturated carbocycles. The molecule has 0 atom stereocenters. The summed E-state index contributed by atoms with van der Waals surface area (Å²) in [5.41, 5.74) is 5.79. The van der Waals surface area contributed by atoms with Gasteiger partial charge in [-0.15, -0.1) is 0 Å². The lowest BCUT2D eigenvalue weighted by atomic mass is 9.94. The molecule has 0 bridgehead atoms. The SMILES string of the molecule is COc1ccc(-c2ccc(C(=O)N3CCc4c(cnc(C)c4CNC(=O)c4cnc(C)cn4)C3)o2)cc1. The molecule has 9 nitrogen and oxygen atoms in total. The van der Waals surface area contributed by atoms with Gasteiger partial charge in [-0.3, -0.25) is 19.6 Å². The topological polar surface area (TPSA) is 110 Å². The monoisotopic (exact) mass is 497 g/mol. The number of hydrogen-bond acceptors (Lipinski definition) is 7. The highest BCUT2D eigenvalue weighted by atomic mass is 16.5. The van der Waals surface area contributed by atoms with Gasteiger partial charge in [0, 0.05) is 43.3 Å². The number of aryl methyl sites for hydroxylation is 2. The van der Waals surface area contributed by atoms with Crippen LogP contribution < -0.4 is 10.1 Å². The highest BCUT2D eigenvalue weighted by Crippen LogP contribution is 2.28. The molecule has 9 heteroatoms. The van der Waals surface area contributed by atoms with E-state index in [1.165, 1.54) is 6.20 Å². The fourth-order valence-electron chi connectivity index (χ4n) is 4.42. The number of furan rings is 1. The number of pyridine rings is 1. The Balaban J connectivity index is 1.28. The number of nitrogens with one attached hydrogen (secondary N) is 1. The Kier molecular flexibility index (Phi) is 6.68. The molecule has 0 unspecified atom stereocenters. The highest BCUT2D eigenvalue weighted by molar-refractivity contribution is 5.92. The van der Waals surface area contributed by atoms with Gasteiger partial charge in [-0.1, -0.05) is 0 Å². The zero-order valence-corrected chi connectivity index (χ0v) is 20.9. The van der Waals surface area contributed by atoms with Crippen LogP contribution in [0.5, 0.6) is 5.75 Å². The van der Waals surface area contributed by atoms with Crippen molar-refractivity contribution in [3.8, 4) is 17.1 Å². The summed E-state index contributed by atoms with van der Waals surface area (Å²) in [7, 11) is 1.62. The summed E-state index contributed by atoms with van der Waals surface area (Å²) in [6.45, 7) is 5.03. The van der Waals surface area contributed by atoms with Gasteiger partial charge in [0.25, 0.3) is 11.8 Å². The summed E-state index contributed by atoms with van der Waals surface area (Å²) in [4.78, 5) is 40.3. The van der Waals surface area contributed by atoms with Crippen LogP contribution in [0.25, 0.3) is 11.3 Å². The Morgan fingerprint density at radius 1 is 1.03 bits per heavy atom. The predicted octanol–water partition coefficient (Wildman–Crippen LogP) is 3.89. The summed E-state index contributed by atoms with van der Waals surface area (Å²) < 4.78 is 11.1. The lowest BCUT2D eigenvalue weighted by Crippen LogP contribution is -2.37. The van der Waals surface area contributed by atoms with Gasteiger partial charge in [0.1, 0.15) is 17.2 Å². The Hall–Kier alpha value is -4.53. The molecule has 37 heavy (non-hydrogen) atoms. The van der Waals surface area contributed by atoms with Crippen LogP contribution in [-0.2, 0) is 19.5 Å². The van der Waals surface area contributed by atoms with Crippen LogP contribution >= 0.6 is 0 Å². The van der Waals surface area contributed by atoms with Gasteiger partial charge >= 0.3 is 0 Å². The minimum Gasteiger partial charge on any atom is -0.497 e. The third kappa shape index (κ3) is 5.06. The molecular weight excluding hydrogens is 470 g/mol. The minimum atomic E-state index is -0.289. The molecule has 5 rings (SSSR count). The lowest BCUT2D eigenvalue weighted by Gasteiger charge is -2.30. The Morgan fingerprint density at radius 3 is 2.57 bits per heavy atom. The molecule has 1 aromatic carbocycles. The fraction of sp³-hybridized carbons (Fsp3) is 0.250. The zero-order valence-electron chi connectivity index (χ0n) is 20.9. The van der Waals surface area contributed by atoms with Crippen molar-refractivity contribution < 1.29 is 18.7 Å². The van der Waals surface area contributed by atoms with Crippen LogP contribution in [0.4, 0.5) is 0 Å². The minimum absolute atomic E-state index is 0.168. The third-order valence-electron chi connectivity index (χ3n) is 6.51. The van der Waals surface area contributed by atoms with Crippen molar-refractivity contribution in [2.24, 2.45) is 0 Å². The van der Waals surface area contributed by atoms with Gasteiger partial charge in [-0.25, -0.2) is 4.98 Å². The average molecular weight is 498 g/mol. The maximum absolute atomic E-state index is 13.2. The largest absolute Gasteiger partial charge is 0.497 e. The van der Waals surface area contributed by atoms with Crippen LogP contribution in [0.2, 0.25) is 0 Å². The van der Waals surface area contributed by atoms with Gasteiger partial charge in [-0.05, 0) is 73.4 Å². The number of benzene rings is 1. The Labute approximate surface area is 214 Å². The first kappa shape index (κ1) is 24.2. The second-order valence-electron chi connectivity index (χ2n) is 8.92. The number of nitrogens with zero attached hydrogens (tertiary/aromatic N) is 4. The summed E-state index contributed by atoms with van der Waals surface area (Å²) in [6, 6.07) is 11.0. The van der Waals surface area contributed by atoms with Crippen molar-refractivity contribution in [3.63, 3.8) is 0 Å². The van der Waals surface area contributed by atoms with Crippen molar-refractivity contribution in [2.75, 3.05) is 13.7 Å². The standard InChI is InChI=1S/C28H27N5O4/c1-17-12-31-24(15-29-17)27(34)32-14-23-18(2)30-13-20-16-33(11-10-22(20)23)28(35)26-9-8-25(37-26)19-4-6-21(36-3)7-5-19/h4-9,12-13,15H,10-11,14,16H2,1-3H3,(H,32,34). The Bertz CT molecular complexity index is 1440. The van der Waals surface area contributed by atoms with Crippen LogP contribution in [0.1, 0.15) is 49.1 Å². The van der Waals surface area contributed by atoms with Gasteiger partial charge in [0.15, 0.2) is 5.76 Å². The smallest absolute Gasteiger partial charge is 0.289 e. The summed E-state index contributed by atoms with van der Waals surface area (Å²) in [5.74, 6) is 1.21. The van der Waals surface area contributed by atoms with E-state index in [2.05, 4.69) is 20.3 Å². The summed E-state index contributed by atoms with van der Waals surface area (Å²) >= 11 is 0. The van der Waals surface area contributed by atoms with Crippen LogP contribution in [0.3, 0.4) is 0 Å². The van der Waals surface area contributed by atoms with Gasteiger partial charge < -0.3 is 19.4 Å². The normalized spacial score (nSPS) is 12.7. The number of carbonyl (C=O) groups is 2. The number of fused-ring (bicyclic) bond motifs is 1. The zero-order chi connectivity index (χ0) is 25.9. The summed E-state index contributed by atoms with van der Waals surface area (Å²) in [5, 5.41) is 2.93. The molecular formula is C28H27N5O4. The van der Waals surface area contributed by atoms with Crippen molar-refractivity contribution in [3.05, 3.63) is 94.5 Å². The molecule has 1 aliphatic rings. The van der Waals surface area contributed by atoms with E-state index in [4.69, 9.17) is 9.15 Å². The van der Waals surface area contributed by atoms with E-state index >= 15 is 0 Å². The first-order valence-corrected chi connectivity index (χ1v) is 12.0. The van der Waals surface area contributed by atoms with E-state index in [9.17, 15) is 9.59 Å². The maximum atomic E-state index is 13.2. The number of aromatic nitrogens is 3. The first-order chi connectivity index (χ1) is 17.9. The van der Waals surface area contributed by atoms with Gasteiger partial charge in [-0.2, -0.15) is 0 Å². The maximum Gasteiger partial charge on any atom is 0.289 e. The van der Waals surface area contributed by atoms with Gasteiger partial charge in [0.2, 0.25) is 0 Å². The van der Waals surface area contributed by atoms with E-state index < -0.39 is 0 Å². The van der Waals surface area contributed by atoms with E-state index in [0.29, 0.717) is 37.6 Å². The molecule has 2 amide bonds. The molecule has 1 aliphatic heterocycles. The van der Waals surface area contributed by atoms with E-state index in [0.717, 1.165) is 39.4 Å². The molecule has 4 heterocycles. The van der Waals surface area contributed by atoms with Crippen LogP contribution in [0.15, 0.2) is 59.4 Å². The van der Waals surface area contributed by atoms with Gasteiger partial charge in [0.05, 0.1) is 19.0 Å². The third-order valence-corrected chi connectivity index (χ3v) is 6.51. The van der Waals surface area contributed by atoms with Crippen molar-refractivity contribution in [2.45, 2.75) is 33.4 Å². The number of rotatable bonds is 6. The number of hydrogen-bond donors (Lipinski definition) is 1. The second kappa shape index (κ2) is 10.2. The molecule has 188 valence electrons. The molecule has 0 fully saturated rings. The van der Waals surface area contributed by atoms with Crippen molar-refractivity contribution in [1.82, 2.24) is 25.2 Å². The fourth-order valence-corrected chi connectivity index (χ4v) is 4.42. The molecule has 4 aromatic rings. The lowest BCUT2D eigenvalue weighted by molar-refractivity contribution is 0.0702. The van der Waals surface area contributed by atoms with E-state index in [1.807, 2.05) is 44.3 Å². The van der Waals surface area contributed by atoms with Crippen LogP contribution in [0, 0.1) is 13.8 Å². The van der Waals surface area contributed by atoms with Crippen LogP contribution in [-0.4, -0.2) is 45.3 Å². The first-order valence-electron chi connectivity index (χ1n) is 12.0. The molecule has 0 saturated heterocycles. The number of methoxy groups -OCH3 is 1.